The number of halogens is 1. The van der Waals surface area contributed by atoms with E-state index in [0.717, 1.165) is 18.5 Å². The van der Waals surface area contributed by atoms with Crippen molar-refractivity contribution < 1.29 is 0 Å². The topological polar surface area (TPSA) is 18.5 Å². The Bertz CT molecular complexity index is 426. The molecule has 0 aliphatic carbocycles. The number of piperidine rings is 1. The number of nitrogens with one attached hydrogen (secondary N) is 1. The maximum Gasteiger partial charge on any atom is 0.0233 e. The van der Waals surface area contributed by atoms with Crippen LogP contribution in [-0.4, -0.2) is 55.6 Å². The number of benzene rings is 1. The standard InChI is InChI=1S/C19H31N3.ClH/c1-21(12-8-17-7-11-20-15-17)19-9-13-22(14-10-19)16-18-5-3-2-4-6-18;/h2-6,17,19-20H,7-16H2,1H3;1H. The summed E-state index contributed by atoms with van der Waals surface area (Å²) in [6, 6.07) is 11.7. The highest BCUT2D eigenvalue weighted by atomic mass is 35.5. The monoisotopic (exact) mass is 337 g/mol. The van der Waals surface area contributed by atoms with Crippen LogP contribution in [0, 0.1) is 5.92 Å². The number of nitrogens with zero attached hydrogens (tertiary/aromatic N) is 2. The lowest BCUT2D eigenvalue weighted by molar-refractivity contribution is 0.119. The van der Waals surface area contributed by atoms with Gasteiger partial charge in [-0.1, -0.05) is 30.3 Å². The molecule has 0 radical (unpaired) electrons. The molecule has 0 aromatic heterocycles. The quantitative estimate of drug-likeness (QED) is 0.861. The molecule has 3 rings (SSSR count). The molecule has 1 N–H and O–H groups in total. The van der Waals surface area contributed by atoms with Crippen LogP contribution in [0.25, 0.3) is 0 Å². The first kappa shape index (κ1) is 18.7. The van der Waals surface area contributed by atoms with Crippen molar-refractivity contribution in [2.45, 2.75) is 38.3 Å². The molecule has 3 nitrogen and oxygen atoms in total. The largest absolute Gasteiger partial charge is 0.316 e. The molecule has 2 saturated heterocycles. The third-order valence-corrected chi connectivity index (χ3v) is 5.48. The molecule has 2 aliphatic rings. The summed E-state index contributed by atoms with van der Waals surface area (Å²) < 4.78 is 0. The molecule has 23 heavy (non-hydrogen) atoms. The molecule has 0 amide bonds. The Morgan fingerprint density at radius 2 is 1.87 bits per heavy atom. The van der Waals surface area contributed by atoms with E-state index in [0.29, 0.717) is 0 Å². The van der Waals surface area contributed by atoms with Gasteiger partial charge in [0, 0.05) is 12.6 Å². The predicted molar refractivity (Wildman–Crippen MR) is 100 cm³/mol. The molecular weight excluding hydrogens is 306 g/mol. The summed E-state index contributed by atoms with van der Waals surface area (Å²) in [5, 5.41) is 3.48. The van der Waals surface area contributed by atoms with E-state index in [-0.39, 0.29) is 12.4 Å². The van der Waals surface area contributed by atoms with Crippen LogP contribution in [0.2, 0.25) is 0 Å². The molecule has 2 aliphatic heterocycles. The highest BCUT2D eigenvalue weighted by molar-refractivity contribution is 5.85. The third kappa shape index (κ3) is 5.75. The summed E-state index contributed by atoms with van der Waals surface area (Å²) >= 11 is 0. The van der Waals surface area contributed by atoms with E-state index in [4.69, 9.17) is 0 Å². The summed E-state index contributed by atoms with van der Waals surface area (Å²) in [6.45, 7) is 7.35. The molecule has 0 spiro atoms. The fourth-order valence-corrected chi connectivity index (χ4v) is 3.89. The van der Waals surface area contributed by atoms with Gasteiger partial charge in [-0.15, -0.1) is 12.4 Å². The molecule has 0 saturated carbocycles. The molecule has 4 heteroatoms. The van der Waals surface area contributed by atoms with Crippen LogP contribution >= 0.6 is 12.4 Å². The van der Waals surface area contributed by atoms with Gasteiger partial charge in [0.2, 0.25) is 0 Å². The van der Waals surface area contributed by atoms with E-state index in [1.54, 1.807) is 0 Å². The fraction of sp³-hybridized carbons (Fsp3) is 0.684. The second-order valence-electron chi connectivity index (χ2n) is 7.12. The lowest BCUT2D eigenvalue weighted by Gasteiger charge is -2.37. The molecule has 1 atom stereocenters. The smallest absolute Gasteiger partial charge is 0.0233 e. The Labute approximate surface area is 147 Å². The van der Waals surface area contributed by atoms with Crippen LogP contribution < -0.4 is 5.32 Å². The summed E-state index contributed by atoms with van der Waals surface area (Å²) in [4.78, 5) is 5.23. The van der Waals surface area contributed by atoms with Crippen molar-refractivity contribution in [1.82, 2.24) is 15.1 Å². The van der Waals surface area contributed by atoms with Crippen molar-refractivity contribution in [1.29, 1.82) is 0 Å². The zero-order valence-corrected chi connectivity index (χ0v) is 15.2. The third-order valence-electron chi connectivity index (χ3n) is 5.48. The van der Waals surface area contributed by atoms with Gasteiger partial charge in [0.05, 0.1) is 0 Å². The van der Waals surface area contributed by atoms with E-state index in [1.165, 1.54) is 64.0 Å². The van der Waals surface area contributed by atoms with Crippen LogP contribution in [0.4, 0.5) is 0 Å². The Kier molecular flexibility index (Phi) is 7.84. The van der Waals surface area contributed by atoms with E-state index >= 15 is 0 Å². The Morgan fingerprint density at radius 1 is 1.13 bits per heavy atom. The van der Waals surface area contributed by atoms with Gasteiger partial charge in [-0.05, 0) is 76.9 Å². The zero-order valence-electron chi connectivity index (χ0n) is 14.4. The van der Waals surface area contributed by atoms with Crippen LogP contribution in [0.3, 0.4) is 0 Å². The average molecular weight is 338 g/mol. The molecular formula is C19H32ClN3. The fourth-order valence-electron chi connectivity index (χ4n) is 3.89. The van der Waals surface area contributed by atoms with Crippen LogP contribution in [0.5, 0.6) is 0 Å². The van der Waals surface area contributed by atoms with Crippen molar-refractivity contribution in [3.63, 3.8) is 0 Å². The van der Waals surface area contributed by atoms with E-state index in [1.807, 2.05) is 0 Å². The minimum Gasteiger partial charge on any atom is -0.316 e. The molecule has 1 aromatic carbocycles. The van der Waals surface area contributed by atoms with E-state index in [2.05, 4.69) is 52.5 Å². The maximum absolute atomic E-state index is 3.48. The number of likely N-dealkylation sites (tertiary alicyclic amines) is 1. The van der Waals surface area contributed by atoms with Gasteiger partial charge >= 0.3 is 0 Å². The van der Waals surface area contributed by atoms with Crippen LogP contribution in [0.1, 0.15) is 31.2 Å². The van der Waals surface area contributed by atoms with Gasteiger partial charge in [0.1, 0.15) is 0 Å². The van der Waals surface area contributed by atoms with Crippen molar-refractivity contribution in [3.8, 4) is 0 Å². The first-order valence-electron chi connectivity index (χ1n) is 8.98. The van der Waals surface area contributed by atoms with Crippen molar-refractivity contribution in [2.75, 3.05) is 39.8 Å². The van der Waals surface area contributed by atoms with Gasteiger partial charge in [-0.2, -0.15) is 0 Å². The van der Waals surface area contributed by atoms with Crippen molar-refractivity contribution in [3.05, 3.63) is 35.9 Å². The molecule has 130 valence electrons. The van der Waals surface area contributed by atoms with E-state index < -0.39 is 0 Å². The number of rotatable bonds is 6. The molecule has 2 fully saturated rings. The predicted octanol–water partition coefficient (Wildman–Crippen LogP) is 3.00. The zero-order chi connectivity index (χ0) is 15.2. The van der Waals surface area contributed by atoms with E-state index in [9.17, 15) is 0 Å². The highest BCUT2D eigenvalue weighted by Gasteiger charge is 2.23. The minimum atomic E-state index is 0. The van der Waals surface area contributed by atoms with Gasteiger partial charge in [-0.25, -0.2) is 0 Å². The molecule has 1 unspecified atom stereocenters. The summed E-state index contributed by atoms with van der Waals surface area (Å²) in [7, 11) is 2.33. The Balaban J connectivity index is 0.00000192. The summed E-state index contributed by atoms with van der Waals surface area (Å²) in [6.07, 6.45) is 5.40. The first-order chi connectivity index (χ1) is 10.8. The molecule has 1 aromatic rings. The number of hydrogen-bond donors (Lipinski definition) is 1. The SMILES string of the molecule is CN(CCC1CCNC1)C1CCN(Cc2ccccc2)CC1.Cl. The number of hydrogen-bond acceptors (Lipinski definition) is 3. The van der Waals surface area contributed by atoms with Gasteiger partial charge in [0.25, 0.3) is 0 Å². The van der Waals surface area contributed by atoms with Gasteiger partial charge in [-0.3, -0.25) is 4.90 Å². The van der Waals surface area contributed by atoms with Crippen molar-refractivity contribution >= 4 is 12.4 Å². The van der Waals surface area contributed by atoms with Gasteiger partial charge < -0.3 is 10.2 Å². The summed E-state index contributed by atoms with van der Waals surface area (Å²) in [5.41, 5.74) is 1.45. The van der Waals surface area contributed by atoms with Gasteiger partial charge in [0.15, 0.2) is 0 Å². The lowest BCUT2D eigenvalue weighted by Crippen LogP contribution is -2.43. The second kappa shape index (κ2) is 9.63. The minimum absolute atomic E-state index is 0. The highest BCUT2D eigenvalue weighted by Crippen LogP contribution is 2.19. The normalized spacial score (nSPS) is 23.1. The van der Waals surface area contributed by atoms with Crippen molar-refractivity contribution in [2.24, 2.45) is 5.92 Å². The Hall–Kier alpha value is -0.610. The molecule has 2 heterocycles. The second-order valence-corrected chi connectivity index (χ2v) is 7.12. The van der Waals surface area contributed by atoms with Crippen LogP contribution in [-0.2, 0) is 6.54 Å². The average Bonchev–Trinajstić information content (AvgIpc) is 3.08. The maximum atomic E-state index is 3.48. The van der Waals surface area contributed by atoms with Crippen LogP contribution in [0.15, 0.2) is 30.3 Å². The summed E-state index contributed by atoms with van der Waals surface area (Å²) in [5.74, 6) is 0.917. The Morgan fingerprint density at radius 3 is 2.52 bits per heavy atom. The first-order valence-corrected chi connectivity index (χ1v) is 8.98. The lowest BCUT2D eigenvalue weighted by atomic mass is 10.0. The molecule has 0 bridgehead atoms.